The third kappa shape index (κ3) is 4.44. The quantitative estimate of drug-likeness (QED) is 0.810. The highest BCUT2D eigenvalue weighted by atomic mass is 16.6. The van der Waals surface area contributed by atoms with Crippen molar-refractivity contribution in [3.63, 3.8) is 0 Å². The van der Waals surface area contributed by atoms with Crippen molar-refractivity contribution in [2.45, 2.75) is 58.5 Å². The normalized spacial score (nSPS) is 15.5. The van der Waals surface area contributed by atoms with E-state index in [4.69, 9.17) is 4.74 Å². The maximum atomic E-state index is 12.6. The van der Waals surface area contributed by atoms with Crippen molar-refractivity contribution >= 4 is 11.8 Å². The van der Waals surface area contributed by atoms with Gasteiger partial charge in [0.1, 0.15) is 11.4 Å². The fourth-order valence-electron chi connectivity index (χ4n) is 3.56. The molecule has 2 aromatic carbocycles. The van der Waals surface area contributed by atoms with Crippen LogP contribution in [-0.2, 0) is 23.0 Å². The lowest BCUT2D eigenvalue weighted by atomic mass is 9.85. The first-order chi connectivity index (χ1) is 12.5. The minimum atomic E-state index is -0.509. The molecule has 0 saturated heterocycles. The van der Waals surface area contributed by atoms with E-state index in [1.54, 1.807) is 11.0 Å². The predicted octanol–water partition coefficient (Wildman–Crippen LogP) is 5.21. The highest BCUT2D eigenvalue weighted by Crippen LogP contribution is 2.41. The maximum absolute atomic E-state index is 12.6. The Kier molecular flexibility index (Phi) is 4.94. The molecular formula is C23H29NO3. The summed E-state index contributed by atoms with van der Waals surface area (Å²) in [6, 6.07) is 13.7. The fraction of sp³-hybridized carbons (Fsp3) is 0.435. The Morgan fingerprint density at radius 1 is 1.11 bits per heavy atom. The lowest BCUT2D eigenvalue weighted by Crippen LogP contribution is -2.38. The van der Waals surface area contributed by atoms with Crippen LogP contribution in [0.1, 0.15) is 51.3 Å². The average molecular weight is 367 g/mol. The van der Waals surface area contributed by atoms with Crippen LogP contribution in [0.25, 0.3) is 0 Å². The van der Waals surface area contributed by atoms with E-state index in [1.165, 1.54) is 11.1 Å². The monoisotopic (exact) mass is 367 g/mol. The molecule has 3 rings (SSSR count). The number of hydrogen-bond donors (Lipinski definition) is 1. The summed E-state index contributed by atoms with van der Waals surface area (Å²) < 4.78 is 5.58. The third-order valence-electron chi connectivity index (χ3n) is 4.86. The van der Waals surface area contributed by atoms with Crippen LogP contribution in [0, 0.1) is 0 Å². The van der Waals surface area contributed by atoms with Crippen LogP contribution >= 0.6 is 0 Å². The number of ether oxygens (including phenoxy) is 1. The summed E-state index contributed by atoms with van der Waals surface area (Å²) in [4.78, 5) is 14.4. The summed E-state index contributed by atoms with van der Waals surface area (Å²) >= 11 is 0. The summed E-state index contributed by atoms with van der Waals surface area (Å²) in [5.74, 6) is 0.301. The van der Waals surface area contributed by atoms with Gasteiger partial charge in [-0.1, -0.05) is 38.1 Å². The summed E-state index contributed by atoms with van der Waals surface area (Å²) in [5.41, 5.74) is 3.84. The number of rotatable bonds is 3. The molecule has 0 aromatic heterocycles. The molecule has 144 valence electrons. The van der Waals surface area contributed by atoms with Crippen LogP contribution in [0.4, 0.5) is 10.5 Å². The standard InChI is InChI=1S/C23H29NO3/c1-22(2,3)27-21(26)24-15-23(4,5)19-14-17(11-12-20(19)24)10-9-16-7-6-8-18(25)13-16/h6-8,11-14,25H,9-10,15H2,1-5H3. The lowest BCUT2D eigenvalue weighted by molar-refractivity contribution is 0.0579. The van der Waals surface area contributed by atoms with Crippen LogP contribution in [-0.4, -0.2) is 23.3 Å². The summed E-state index contributed by atoms with van der Waals surface area (Å²) in [6.07, 6.45) is 1.46. The molecule has 0 radical (unpaired) electrons. The Hall–Kier alpha value is -2.49. The molecule has 0 fully saturated rings. The first kappa shape index (κ1) is 19.3. The van der Waals surface area contributed by atoms with Crippen molar-refractivity contribution < 1.29 is 14.6 Å². The zero-order valence-electron chi connectivity index (χ0n) is 16.9. The Morgan fingerprint density at radius 2 is 1.78 bits per heavy atom. The Bertz CT molecular complexity index is 849. The van der Waals surface area contributed by atoms with Gasteiger partial charge in [-0.05, 0) is 68.5 Å². The van der Waals surface area contributed by atoms with E-state index in [9.17, 15) is 9.90 Å². The van der Waals surface area contributed by atoms with Crippen LogP contribution in [0.15, 0.2) is 42.5 Å². The van der Waals surface area contributed by atoms with Gasteiger partial charge in [-0.15, -0.1) is 0 Å². The first-order valence-corrected chi connectivity index (χ1v) is 9.47. The molecule has 27 heavy (non-hydrogen) atoms. The molecule has 1 heterocycles. The zero-order chi connectivity index (χ0) is 19.8. The molecule has 1 aliphatic rings. The topological polar surface area (TPSA) is 49.8 Å². The van der Waals surface area contributed by atoms with Crippen molar-refractivity contribution in [2.75, 3.05) is 11.4 Å². The number of hydrogen-bond acceptors (Lipinski definition) is 3. The van der Waals surface area contributed by atoms with Gasteiger partial charge >= 0.3 is 6.09 Å². The summed E-state index contributed by atoms with van der Waals surface area (Å²) in [6.45, 7) is 10.6. The van der Waals surface area contributed by atoms with Gasteiger partial charge in [-0.2, -0.15) is 0 Å². The molecule has 1 aliphatic heterocycles. The smallest absolute Gasteiger partial charge is 0.414 e. The number of aromatic hydroxyl groups is 1. The predicted molar refractivity (Wildman–Crippen MR) is 109 cm³/mol. The largest absolute Gasteiger partial charge is 0.508 e. The minimum absolute atomic E-state index is 0.118. The van der Waals surface area contributed by atoms with Crippen LogP contribution in [0.3, 0.4) is 0 Å². The number of aryl methyl sites for hydroxylation is 2. The number of benzene rings is 2. The summed E-state index contributed by atoms with van der Waals surface area (Å²) in [7, 11) is 0. The van der Waals surface area contributed by atoms with E-state index < -0.39 is 5.60 Å². The Balaban J connectivity index is 1.80. The number of carbonyl (C=O) groups is 1. The van der Waals surface area contributed by atoms with Crippen LogP contribution < -0.4 is 4.90 Å². The molecule has 0 saturated carbocycles. The van der Waals surface area contributed by atoms with Crippen molar-refractivity contribution in [3.8, 4) is 5.75 Å². The van der Waals surface area contributed by atoms with Gasteiger partial charge in [-0.25, -0.2) is 4.79 Å². The van der Waals surface area contributed by atoms with E-state index in [0.717, 1.165) is 24.1 Å². The third-order valence-corrected chi connectivity index (χ3v) is 4.86. The number of phenols is 1. The molecule has 1 amide bonds. The second-order valence-electron chi connectivity index (χ2n) is 8.97. The molecule has 0 atom stereocenters. The molecule has 0 aliphatic carbocycles. The molecule has 0 bridgehead atoms. The number of fused-ring (bicyclic) bond motifs is 1. The lowest BCUT2D eigenvalue weighted by Gasteiger charge is -2.25. The van der Waals surface area contributed by atoms with E-state index in [2.05, 4.69) is 26.0 Å². The second-order valence-corrected chi connectivity index (χ2v) is 8.97. The van der Waals surface area contributed by atoms with Gasteiger partial charge in [0, 0.05) is 12.0 Å². The SMILES string of the molecule is CC(C)(C)OC(=O)N1CC(C)(C)c2cc(CCc3cccc(O)c3)ccc21. The van der Waals surface area contributed by atoms with Gasteiger partial charge in [0.25, 0.3) is 0 Å². The van der Waals surface area contributed by atoms with Crippen molar-refractivity contribution in [1.82, 2.24) is 0 Å². The van der Waals surface area contributed by atoms with Gasteiger partial charge in [0.05, 0.1) is 5.69 Å². The van der Waals surface area contributed by atoms with Crippen molar-refractivity contribution in [2.24, 2.45) is 0 Å². The fourth-order valence-corrected chi connectivity index (χ4v) is 3.56. The summed E-state index contributed by atoms with van der Waals surface area (Å²) in [5, 5.41) is 9.62. The highest BCUT2D eigenvalue weighted by molar-refractivity contribution is 5.91. The number of anilines is 1. The van der Waals surface area contributed by atoms with E-state index >= 15 is 0 Å². The Labute approximate surface area is 161 Å². The van der Waals surface area contributed by atoms with E-state index in [-0.39, 0.29) is 11.5 Å². The van der Waals surface area contributed by atoms with Gasteiger partial charge in [0.15, 0.2) is 0 Å². The van der Waals surface area contributed by atoms with Crippen LogP contribution in [0.2, 0.25) is 0 Å². The molecule has 4 nitrogen and oxygen atoms in total. The van der Waals surface area contributed by atoms with Crippen molar-refractivity contribution in [3.05, 3.63) is 59.2 Å². The number of phenolic OH excluding ortho intramolecular Hbond substituents is 1. The molecule has 4 heteroatoms. The molecule has 2 aromatic rings. The van der Waals surface area contributed by atoms with E-state index in [0.29, 0.717) is 12.3 Å². The van der Waals surface area contributed by atoms with Crippen molar-refractivity contribution in [1.29, 1.82) is 0 Å². The molecule has 1 N–H and O–H groups in total. The van der Waals surface area contributed by atoms with Gasteiger partial charge in [0.2, 0.25) is 0 Å². The second kappa shape index (κ2) is 6.91. The molecular weight excluding hydrogens is 338 g/mol. The Morgan fingerprint density at radius 3 is 2.41 bits per heavy atom. The van der Waals surface area contributed by atoms with Gasteiger partial charge in [-0.3, -0.25) is 4.90 Å². The number of carbonyl (C=O) groups excluding carboxylic acids is 1. The molecule has 0 unspecified atom stereocenters. The highest BCUT2D eigenvalue weighted by Gasteiger charge is 2.39. The first-order valence-electron chi connectivity index (χ1n) is 9.47. The number of nitrogens with zero attached hydrogens (tertiary/aromatic N) is 1. The zero-order valence-corrected chi connectivity index (χ0v) is 16.9. The van der Waals surface area contributed by atoms with Crippen LogP contribution in [0.5, 0.6) is 5.75 Å². The van der Waals surface area contributed by atoms with E-state index in [1.807, 2.05) is 45.0 Å². The average Bonchev–Trinajstić information content (AvgIpc) is 2.83. The number of amides is 1. The maximum Gasteiger partial charge on any atom is 0.414 e. The minimum Gasteiger partial charge on any atom is -0.508 e. The molecule has 0 spiro atoms. The van der Waals surface area contributed by atoms with Gasteiger partial charge < -0.3 is 9.84 Å².